The summed E-state index contributed by atoms with van der Waals surface area (Å²) >= 11 is 1.97. The maximum atomic E-state index is 5.42. The van der Waals surface area contributed by atoms with E-state index in [2.05, 4.69) is 44.7 Å². The highest BCUT2D eigenvalue weighted by molar-refractivity contribution is 7.99. The molecule has 19 heavy (non-hydrogen) atoms. The summed E-state index contributed by atoms with van der Waals surface area (Å²) in [5.41, 5.74) is 7.62. The molecule has 1 unspecified atom stereocenters. The van der Waals surface area contributed by atoms with Gasteiger partial charge in [-0.25, -0.2) is 0 Å². The largest absolute Gasteiger partial charge is 0.495 e. The lowest BCUT2D eigenvalue weighted by Gasteiger charge is -2.15. The molecule has 0 heterocycles. The molecule has 1 atom stereocenters. The Bertz CT molecular complexity index is 460. The standard InChI is InChI=1S/C16H23NOS/c1-12(2)13(3)19-11-14-7-8-16(18-4)15(10-14)6-5-9-17/h7-8,10,12-13H,9,11,17H2,1-4H3. The topological polar surface area (TPSA) is 35.2 Å². The van der Waals surface area contributed by atoms with Gasteiger partial charge in [0.15, 0.2) is 0 Å². The van der Waals surface area contributed by atoms with Gasteiger partial charge in [0.1, 0.15) is 5.75 Å². The number of methoxy groups -OCH3 is 1. The van der Waals surface area contributed by atoms with Crippen molar-refractivity contribution in [1.82, 2.24) is 0 Å². The van der Waals surface area contributed by atoms with Gasteiger partial charge in [0, 0.05) is 11.0 Å². The normalized spacial score (nSPS) is 11.9. The van der Waals surface area contributed by atoms with Gasteiger partial charge in [-0.1, -0.05) is 38.7 Å². The van der Waals surface area contributed by atoms with Crippen LogP contribution in [0.15, 0.2) is 18.2 Å². The molecule has 0 aliphatic heterocycles. The second-order valence-corrected chi connectivity index (χ2v) is 6.17. The third-order valence-electron chi connectivity index (χ3n) is 3.04. The lowest BCUT2D eigenvalue weighted by Crippen LogP contribution is -2.05. The van der Waals surface area contributed by atoms with Crippen molar-refractivity contribution < 1.29 is 4.74 Å². The molecule has 0 saturated heterocycles. The van der Waals surface area contributed by atoms with E-state index in [1.54, 1.807) is 7.11 Å². The van der Waals surface area contributed by atoms with Crippen LogP contribution < -0.4 is 10.5 Å². The maximum absolute atomic E-state index is 5.42. The fourth-order valence-corrected chi connectivity index (χ4v) is 2.53. The Balaban J connectivity index is 2.80. The van der Waals surface area contributed by atoms with E-state index in [-0.39, 0.29) is 0 Å². The SMILES string of the molecule is COc1ccc(CSC(C)C(C)C)cc1C#CCN. The highest BCUT2D eigenvalue weighted by Crippen LogP contribution is 2.26. The average Bonchev–Trinajstić information content (AvgIpc) is 2.42. The number of nitrogens with two attached hydrogens (primary N) is 1. The number of ether oxygens (including phenoxy) is 1. The second-order valence-electron chi connectivity index (χ2n) is 4.80. The van der Waals surface area contributed by atoms with Crippen molar-refractivity contribution in [3.8, 4) is 17.6 Å². The molecule has 0 aliphatic carbocycles. The predicted octanol–water partition coefficient (Wildman–Crippen LogP) is 3.28. The molecule has 1 aromatic rings. The molecule has 0 aromatic heterocycles. The third-order valence-corrected chi connectivity index (χ3v) is 4.61. The van der Waals surface area contributed by atoms with Gasteiger partial charge in [-0.3, -0.25) is 0 Å². The Hall–Kier alpha value is -1.11. The predicted molar refractivity (Wildman–Crippen MR) is 84.5 cm³/mol. The zero-order valence-corrected chi connectivity index (χ0v) is 13.0. The Morgan fingerprint density at radius 2 is 2.05 bits per heavy atom. The molecule has 0 spiro atoms. The molecule has 0 amide bonds. The van der Waals surface area contributed by atoms with E-state index >= 15 is 0 Å². The van der Waals surface area contributed by atoms with Gasteiger partial charge in [-0.15, -0.1) is 0 Å². The van der Waals surface area contributed by atoms with E-state index in [1.807, 2.05) is 17.8 Å². The summed E-state index contributed by atoms with van der Waals surface area (Å²) in [5.74, 6) is 8.45. The zero-order valence-electron chi connectivity index (χ0n) is 12.2. The van der Waals surface area contributed by atoms with Gasteiger partial charge >= 0.3 is 0 Å². The minimum absolute atomic E-state index is 0.368. The summed E-state index contributed by atoms with van der Waals surface area (Å²) in [7, 11) is 1.66. The molecule has 1 aromatic carbocycles. The van der Waals surface area contributed by atoms with Crippen LogP contribution >= 0.6 is 11.8 Å². The molecular formula is C16H23NOS. The van der Waals surface area contributed by atoms with Crippen LogP contribution in [0.3, 0.4) is 0 Å². The summed E-state index contributed by atoms with van der Waals surface area (Å²) in [6.07, 6.45) is 0. The minimum atomic E-state index is 0.368. The van der Waals surface area contributed by atoms with Gasteiger partial charge in [0.05, 0.1) is 19.2 Å². The lowest BCUT2D eigenvalue weighted by molar-refractivity contribution is 0.413. The summed E-state index contributed by atoms with van der Waals surface area (Å²) in [5, 5.41) is 0.653. The van der Waals surface area contributed by atoms with E-state index in [4.69, 9.17) is 10.5 Å². The van der Waals surface area contributed by atoms with Gasteiger partial charge in [-0.05, 0) is 23.6 Å². The highest BCUT2D eigenvalue weighted by Gasteiger charge is 2.08. The van der Waals surface area contributed by atoms with E-state index in [0.29, 0.717) is 17.7 Å². The lowest BCUT2D eigenvalue weighted by atomic mass is 10.1. The van der Waals surface area contributed by atoms with Gasteiger partial charge in [0.25, 0.3) is 0 Å². The van der Waals surface area contributed by atoms with Crippen molar-refractivity contribution in [2.45, 2.75) is 31.8 Å². The van der Waals surface area contributed by atoms with E-state index in [0.717, 1.165) is 17.1 Å². The Kier molecular flexibility index (Phi) is 6.83. The fourth-order valence-electron chi connectivity index (χ4n) is 1.51. The molecule has 104 valence electrons. The monoisotopic (exact) mass is 277 g/mol. The molecule has 2 N–H and O–H groups in total. The van der Waals surface area contributed by atoms with Crippen LogP contribution in [0.5, 0.6) is 5.75 Å². The van der Waals surface area contributed by atoms with Crippen molar-refractivity contribution >= 4 is 11.8 Å². The van der Waals surface area contributed by atoms with Gasteiger partial charge in [0.2, 0.25) is 0 Å². The molecule has 0 aliphatic rings. The molecule has 0 bridgehead atoms. The van der Waals surface area contributed by atoms with E-state index in [1.165, 1.54) is 5.56 Å². The quantitative estimate of drug-likeness (QED) is 0.839. The van der Waals surface area contributed by atoms with Crippen molar-refractivity contribution in [3.05, 3.63) is 29.3 Å². The summed E-state index contributed by atoms with van der Waals surface area (Å²) in [6.45, 7) is 7.15. The number of thioether (sulfide) groups is 1. The van der Waals surface area contributed by atoms with Crippen LogP contribution in [0.25, 0.3) is 0 Å². The molecular weight excluding hydrogens is 254 g/mol. The first-order valence-corrected chi connectivity index (χ1v) is 7.60. The van der Waals surface area contributed by atoms with E-state index in [9.17, 15) is 0 Å². The first-order valence-electron chi connectivity index (χ1n) is 6.56. The third kappa shape index (κ3) is 5.18. The van der Waals surface area contributed by atoms with Crippen molar-refractivity contribution in [2.24, 2.45) is 11.7 Å². The molecule has 2 nitrogen and oxygen atoms in total. The Morgan fingerprint density at radius 3 is 2.63 bits per heavy atom. The minimum Gasteiger partial charge on any atom is -0.495 e. The zero-order chi connectivity index (χ0) is 14.3. The first kappa shape index (κ1) is 15.9. The molecule has 0 saturated carbocycles. The number of benzene rings is 1. The fraction of sp³-hybridized carbons (Fsp3) is 0.500. The maximum Gasteiger partial charge on any atom is 0.134 e. The van der Waals surface area contributed by atoms with Crippen molar-refractivity contribution in [2.75, 3.05) is 13.7 Å². The van der Waals surface area contributed by atoms with Crippen molar-refractivity contribution in [3.63, 3.8) is 0 Å². The Labute approximate surface area is 121 Å². The highest BCUT2D eigenvalue weighted by atomic mass is 32.2. The summed E-state index contributed by atoms with van der Waals surface area (Å²) in [4.78, 5) is 0. The van der Waals surface area contributed by atoms with Crippen LogP contribution in [0.1, 0.15) is 31.9 Å². The molecule has 0 radical (unpaired) electrons. The summed E-state index contributed by atoms with van der Waals surface area (Å²) < 4.78 is 5.31. The summed E-state index contributed by atoms with van der Waals surface area (Å²) in [6, 6.07) is 6.19. The van der Waals surface area contributed by atoms with Crippen molar-refractivity contribution in [1.29, 1.82) is 0 Å². The second kappa shape index (κ2) is 8.14. The number of hydrogen-bond acceptors (Lipinski definition) is 3. The van der Waals surface area contributed by atoms with Crippen LogP contribution in [0, 0.1) is 17.8 Å². The average molecular weight is 277 g/mol. The molecule has 0 fully saturated rings. The smallest absolute Gasteiger partial charge is 0.134 e. The number of rotatable bonds is 5. The first-order chi connectivity index (χ1) is 9.08. The molecule has 3 heteroatoms. The number of hydrogen-bond donors (Lipinski definition) is 1. The van der Waals surface area contributed by atoms with Crippen LogP contribution in [0.2, 0.25) is 0 Å². The Morgan fingerprint density at radius 1 is 1.32 bits per heavy atom. The van der Waals surface area contributed by atoms with Crippen LogP contribution in [0.4, 0.5) is 0 Å². The van der Waals surface area contributed by atoms with E-state index < -0.39 is 0 Å². The van der Waals surface area contributed by atoms with Crippen LogP contribution in [-0.4, -0.2) is 18.9 Å². The molecule has 1 rings (SSSR count). The van der Waals surface area contributed by atoms with Crippen LogP contribution in [-0.2, 0) is 5.75 Å². The van der Waals surface area contributed by atoms with Gasteiger partial charge in [-0.2, -0.15) is 11.8 Å². The van der Waals surface area contributed by atoms with Gasteiger partial charge < -0.3 is 10.5 Å².